The molecule has 2 fully saturated rings. The lowest BCUT2D eigenvalue weighted by Crippen LogP contribution is -2.41. The SMILES string of the molecule is CC1(C)OC[C@@H](COc2cncc(NC(=O)C3C[C@H]4CN3c3cnc(-c5cccc(C(F)(F)F)c5)nc3N4)c2)O1. The Kier molecular flexibility index (Phi) is 6.50. The lowest BCUT2D eigenvalue weighted by atomic mass is 10.1. The topological polar surface area (TPSA) is 111 Å². The van der Waals surface area contributed by atoms with Crippen LogP contribution in [0.5, 0.6) is 5.75 Å². The fourth-order valence-corrected chi connectivity index (χ4v) is 5.14. The van der Waals surface area contributed by atoms with Gasteiger partial charge in [-0.05, 0) is 32.4 Å². The molecule has 2 aromatic heterocycles. The zero-order valence-electron chi connectivity index (χ0n) is 21.7. The number of aromatic nitrogens is 3. The number of anilines is 3. The van der Waals surface area contributed by atoms with Crippen molar-refractivity contribution in [2.24, 2.45) is 0 Å². The Morgan fingerprint density at radius 2 is 2.10 bits per heavy atom. The summed E-state index contributed by atoms with van der Waals surface area (Å²) in [6.07, 6.45) is 0.477. The molecule has 0 radical (unpaired) electrons. The van der Waals surface area contributed by atoms with E-state index >= 15 is 0 Å². The summed E-state index contributed by atoms with van der Waals surface area (Å²) < 4.78 is 56.6. The zero-order chi connectivity index (χ0) is 28.1. The standard InChI is InChI=1S/C27H27F3N6O4/c1-26(2)39-14-20(40-26)13-38-19-7-17(9-31-10-19)34-25(37)21-8-18-12-36(21)22-11-32-23(35-24(22)33-18)15-4-3-5-16(6-15)27(28,29)30/h3-7,9-11,18,20-21H,8,12-14H2,1-2H3,(H,34,37)(H,32,33,35)/t18-,20+,21?/m0/s1. The van der Waals surface area contributed by atoms with Crippen molar-refractivity contribution in [1.82, 2.24) is 15.0 Å². The fourth-order valence-electron chi connectivity index (χ4n) is 5.14. The molecule has 0 spiro atoms. The third-order valence-electron chi connectivity index (χ3n) is 6.96. The van der Waals surface area contributed by atoms with Gasteiger partial charge in [0.25, 0.3) is 0 Å². The van der Waals surface area contributed by atoms with Crippen molar-refractivity contribution in [2.45, 2.75) is 50.4 Å². The van der Waals surface area contributed by atoms with Crippen LogP contribution >= 0.6 is 0 Å². The van der Waals surface area contributed by atoms with Crippen LogP contribution in [0.3, 0.4) is 0 Å². The predicted molar refractivity (Wildman–Crippen MR) is 139 cm³/mol. The van der Waals surface area contributed by atoms with Crippen LogP contribution in [0.1, 0.15) is 25.8 Å². The summed E-state index contributed by atoms with van der Waals surface area (Å²) in [4.78, 5) is 28.2. The van der Waals surface area contributed by atoms with Crippen molar-refractivity contribution >= 4 is 23.1 Å². The lowest BCUT2D eigenvalue weighted by molar-refractivity contribution is -0.141. The minimum Gasteiger partial charge on any atom is -0.489 e. The molecule has 3 atom stereocenters. The Morgan fingerprint density at radius 1 is 1.25 bits per heavy atom. The van der Waals surface area contributed by atoms with E-state index in [-0.39, 0.29) is 36.0 Å². The minimum atomic E-state index is -4.47. The second-order valence-electron chi connectivity index (χ2n) is 10.4. The van der Waals surface area contributed by atoms with E-state index in [9.17, 15) is 18.0 Å². The van der Waals surface area contributed by atoms with Crippen molar-refractivity contribution in [2.75, 3.05) is 35.3 Å². The van der Waals surface area contributed by atoms with E-state index in [2.05, 4.69) is 25.6 Å². The number of hydrogen-bond acceptors (Lipinski definition) is 9. The van der Waals surface area contributed by atoms with Crippen LogP contribution in [-0.2, 0) is 20.4 Å². The van der Waals surface area contributed by atoms with E-state index in [0.29, 0.717) is 42.5 Å². The van der Waals surface area contributed by atoms with Gasteiger partial charge in [0.05, 0.1) is 42.1 Å². The number of nitrogens with one attached hydrogen (secondary N) is 2. The quantitative estimate of drug-likeness (QED) is 0.464. The first-order valence-electron chi connectivity index (χ1n) is 12.8. The molecule has 210 valence electrons. The summed E-state index contributed by atoms with van der Waals surface area (Å²) in [5, 5.41) is 6.21. The van der Waals surface area contributed by atoms with Crippen LogP contribution in [0, 0.1) is 0 Å². The molecule has 1 amide bonds. The number of hydrogen-bond donors (Lipinski definition) is 2. The number of pyridine rings is 1. The van der Waals surface area contributed by atoms with Gasteiger partial charge in [-0.25, -0.2) is 9.97 Å². The van der Waals surface area contributed by atoms with Gasteiger partial charge in [0.1, 0.15) is 24.5 Å². The maximum absolute atomic E-state index is 13.3. The Bertz CT molecular complexity index is 1440. The average Bonchev–Trinajstić information content (AvgIpc) is 3.45. The van der Waals surface area contributed by atoms with Gasteiger partial charge in [-0.15, -0.1) is 0 Å². The zero-order valence-corrected chi connectivity index (χ0v) is 21.7. The number of rotatable bonds is 6. The predicted octanol–water partition coefficient (Wildman–Crippen LogP) is 4.10. The van der Waals surface area contributed by atoms with Crippen LogP contribution in [0.15, 0.2) is 48.9 Å². The van der Waals surface area contributed by atoms with Crippen molar-refractivity contribution in [3.63, 3.8) is 0 Å². The summed E-state index contributed by atoms with van der Waals surface area (Å²) >= 11 is 0. The molecule has 3 aromatic rings. The normalized spacial score (nSPS) is 22.9. The number of alkyl halides is 3. The van der Waals surface area contributed by atoms with Gasteiger partial charge >= 0.3 is 6.18 Å². The lowest BCUT2D eigenvalue weighted by Gasteiger charge is -2.30. The third kappa shape index (κ3) is 5.39. The van der Waals surface area contributed by atoms with Crippen molar-refractivity contribution < 1.29 is 32.2 Å². The van der Waals surface area contributed by atoms with Crippen LogP contribution in [0.4, 0.5) is 30.4 Å². The molecule has 40 heavy (non-hydrogen) atoms. The van der Waals surface area contributed by atoms with Gasteiger partial charge in [0.2, 0.25) is 5.91 Å². The molecule has 3 aliphatic rings. The molecular formula is C27H27F3N6O4. The number of carbonyl (C=O) groups excluding carboxylic acids is 1. The van der Waals surface area contributed by atoms with Crippen LogP contribution in [0.2, 0.25) is 0 Å². The highest BCUT2D eigenvalue weighted by Crippen LogP contribution is 2.39. The Hall–Kier alpha value is -3.97. The molecule has 1 aromatic carbocycles. The molecule has 2 saturated heterocycles. The highest BCUT2D eigenvalue weighted by atomic mass is 19.4. The van der Waals surface area contributed by atoms with Gasteiger partial charge < -0.3 is 29.7 Å². The Balaban J connectivity index is 1.14. The fraction of sp³-hybridized carbons (Fsp3) is 0.407. The summed E-state index contributed by atoms with van der Waals surface area (Å²) in [6, 6.07) is 6.03. The van der Waals surface area contributed by atoms with Crippen LogP contribution in [0.25, 0.3) is 11.4 Å². The largest absolute Gasteiger partial charge is 0.489 e. The van der Waals surface area contributed by atoms with Gasteiger partial charge in [-0.3, -0.25) is 9.78 Å². The van der Waals surface area contributed by atoms with Gasteiger partial charge in [0, 0.05) is 24.2 Å². The average molecular weight is 557 g/mol. The first-order valence-corrected chi connectivity index (χ1v) is 12.8. The van der Waals surface area contributed by atoms with E-state index < -0.39 is 23.6 Å². The molecule has 2 N–H and O–H groups in total. The highest BCUT2D eigenvalue weighted by Gasteiger charge is 2.42. The van der Waals surface area contributed by atoms with E-state index in [1.165, 1.54) is 18.3 Å². The Morgan fingerprint density at radius 3 is 2.88 bits per heavy atom. The maximum atomic E-state index is 13.3. The third-order valence-corrected chi connectivity index (χ3v) is 6.96. The number of carbonyl (C=O) groups is 1. The number of halogens is 3. The number of amides is 1. The van der Waals surface area contributed by atoms with E-state index in [1.807, 2.05) is 18.7 Å². The molecule has 0 aliphatic carbocycles. The van der Waals surface area contributed by atoms with E-state index in [1.54, 1.807) is 18.5 Å². The molecule has 0 saturated carbocycles. The van der Waals surface area contributed by atoms with Crippen molar-refractivity contribution in [3.8, 4) is 17.1 Å². The molecule has 5 heterocycles. The van der Waals surface area contributed by atoms with Crippen molar-refractivity contribution in [3.05, 3.63) is 54.5 Å². The van der Waals surface area contributed by atoms with Gasteiger partial charge in [-0.2, -0.15) is 13.2 Å². The van der Waals surface area contributed by atoms with E-state index in [4.69, 9.17) is 14.2 Å². The molecule has 13 heteroatoms. The number of benzene rings is 1. The number of fused-ring (bicyclic) bond motifs is 4. The maximum Gasteiger partial charge on any atom is 0.416 e. The smallest absolute Gasteiger partial charge is 0.416 e. The minimum absolute atomic E-state index is 0.0572. The highest BCUT2D eigenvalue weighted by molar-refractivity contribution is 5.98. The van der Waals surface area contributed by atoms with Gasteiger partial charge in [-0.1, -0.05) is 12.1 Å². The first kappa shape index (κ1) is 26.3. The summed E-state index contributed by atoms with van der Waals surface area (Å²) in [7, 11) is 0. The van der Waals surface area contributed by atoms with E-state index in [0.717, 1.165) is 12.1 Å². The van der Waals surface area contributed by atoms with Crippen LogP contribution < -0.4 is 20.3 Å². The molecule has 1 unspecified atom stereocenters. The molecule has 3 aliphatic heterocycles. The molecule has 2 bridgehead atoms. The molecular weight excluding hydrogens is 529 g/mol. The van der Waals surface area contributed by atoms with Crippen molar-refractivity contribution in [1.29, 1.82) is 0 Å². The second kappa shape index (κ2) is 9.89. The second-order valence-corrected chi connectivity index (χ2v) is 10.4. The Labute approximate surface area is 227 Å². The number of nitrogens with zero attached hydrogens (tertiary/aromatic N) is 4. The van der Waals surface area contributed by atoms with Crippen LogP contribution in [-0.4, -0.2) is 64.6 Å². The monoisotopic (exact) mass is 556 g/mol. The summed E-state index contributed by atoms with van der Waals surface area (Å²) in [5.74, 6) is 0.260. The number of ether oxygens (including phenoxy) is 3. The summed E-state index contributed by atoms with van der Waals surface area (Å²) in [5.41, 5.74) is 0.584. The molecule has 10 nitrogen and oxygen atoms in total. The first-order chi connectivity index (χ1) is 19.0. The summed E-state index contributed by atoms with van der Waals surface area (Å²) in [6.45, 7) is 4.96. The molecule has 6 rings (SSSR count). The van der Waals surface area contributed by atoms with Gasteiger partial charge in [0.15, 0.2) is 17.4 Å².